The van der Waals surface area contributed by atoms with Crippen molar-refractivity contribution in [2.75, 3.05) is 5.01 Å². The zero-order valence-electron chi connectivity index (χ0n) is 9.95. The summed E-state index contributed by atoms with van der Waals surface area (Å²) in [5, 5.41) is 5.95. The van der Waals surface area contributed by atoms with Gasteiger partial charge in [0.05, 0.1) is 12.1 Å². The molecule has 18 heavy (non-hydrogen) atoms. The maximum atomic E-state index is 11.6. The van der Waals surface area contributed by atoms with Gasteiger partial charge < -0.3 is 4.74 Å². The first-order chi connectivity index (χ1) is 8.50. The summed E-state index contributed by atoms with van der Waals surface area (Å²) in [6.07, 6.45) is -0.591. The van der Waals surface area contributed by atoms with Crippen molar-refractivity contribution in [1.29, 1.82) is 0 Å². The van der Waals surface area contributed by atoms with E-state index in [0.29, 0.717) is 5.69 Å². The minimum Gasteiger partial charge on any atom is -0.439 e. The van der Waals surface area contributed by atoms with Gasteiger partial charge in [-0.1, -0.05) is 0 Å². The summed E-state index contributed by atoms with van der Waals surface area (Å²) >= 11 is 1.41. The normalized spacial score (nSPS) is 18.2. The number of β-lactam (4-membered cyclic amide) rings is 1. The van der Waals surface area contributed by atoms with Crippen LogP contribution in [0.1, 0.15) is 20.3 Å². The number of nitrogens with zero attached hydrogens (tertiary/aromatic N) is 2. The summed E-state index contributed by atoms with van der Waals surface area (Å²) in [5.74, 6) is -1.03. The molecule has 96 valence electrons. The standard InChI is InChI=1S/C11H12N2O4S/c1-7(14)12(9-3-4-18-6-9)13-10(16)5-11(13)17-8(2)15/h3-4,6,11H,5H2,1-2H3/t11-/m1/s1. The highest BCUT2D eigenvalue weighted by atomic mass is 32.1. The lowest BCUT2D eigenvalue weighted by molar-refractivity contribution is -0.185. The van der Waals surface area contributed by atoms with Gasteiger partial charge in [-0.15, -0.1) is 0 Å². The third-order valence-electron chi connectivity index (χ3n) is 2.44. The Morgan fingerprint density at radius 3 is 2.67 bits per heavy atom. The molecule has 7 heteroatoms. The van der Waals surface area contributed by atoms with Crippen molar-refractivity contribution < 1.29 is 19.1 Å². The number of hydrogen-bond acceptors (Lipinski definition) is 5. The Bertz CT molecular complexity index is 485. The smallest absolute Gasteiger partial charge is 0.304 e. The summed E-state index contributed by atoms with van der Waals surface area (Å²) in [6.45, 7) is 2.62. The van der Waals surface area contributed by atoms with E-state index < -0.39 is 12.2 Å². The van der Waals surface area contributed by atoms with E-state index >= 15 is 0 Å². The van der Waals surface area contributed by atoms with Crippen LogP contribution in [0.25, 0.3) is 0 Å². The second-order valence-corrected chi connectivity index (χ2v) is 4.60. The highest BCUT2D eigenvalue weighted by molar-refractivity contribution is 7.08. The molecule has 1 atom stereocenters. The number of hydrogen-bond donors (Lipinski definition) is 0. The van der Waals surface area contributed by atoms with Crippen molar-refractivity contribution >= 4 is 34.8 Å². The molecule has 0 spiro atoms. The Balaban J connectivity index is 2.23. The monoisotopic (exact) mass is 268 g/mol. The number of esters is 1. The van der Waals surface area contributed by atoms with Crippen LogP contribution in [0.2, 0.25) is 0 Å². The first-order valence-corrected chi connectivity index (χ1v) is 6.27. The van der Waals surface area contributed by atoms with Crippen LogP contribution in [0.15, 0.2) is 16.8 Å². The second-order valence-electron chi connectivity index (χ2n) is 3.82. The first kappa shape index (κ1) is 12.6. The zero-order valence-corrected chi connectivity index (χ0v) is 10.8. The summed E-state index contributed by atoms with van der Waals surface area (Å²) in [7, 11) is 0. The third kappa shape index (κ3) is 2.21. The fraction of sp³-hybridized carbons (Fsp3) is 0.364. The van der Waals surface area contributed by atoms with Gasteiger partial charge in [-0.3, -0.25) is 14.4 Å². The van der Waals surface area contributed by atoms with Crippen molar-refractivity contribution in [3.05, 3.63) is 16.8 Å². The molecule has 2 rings (SSSR count). The second kappa shape index (κ2) is 4.77. The Labute approximate surface area is 108 Å². The van der Waals surface area contributed by atoms with E-state index in [-0.39, 0.29) is 18.2 Å². The van der Waals surface area contributed by atoms with E-state index in [1.165, 1.54) is 35.2 Å². The van der Waals surface area contributed by atoms with Crippen molar-refractivity contribution in [1.82, 2.24) is 5.01 Å². The van der Waals surface area contributed by atoms with Crippen molar-refractivity contribution in [3.63, 3.8) is 0 Å². The molecule has 1 fully saturated rings. The lowest BCUT2D eigenvalue weighted by Gasteiger charge is -2.44. The number of amides is 2. The van der Waals surface area contributed by atoms with Crippen LogP contribution in [0.3, 0.4) is 0 Å². The van der Waals surface area contributed by atoms with E-state index in [0.717, 1.165) is 0 Å². The molecule has 1 aromatic heterocycles. The fourth-order valence-corrected chi connectivity index (χ4v) is 2.35. The van der Waals surface area contributed by atoms with Gasteiger partial charge in [-0.05, 0) is 11.4 Å². The molecule has 1 aliphatic heterocycles. The number of thiophene rings is 1. The molecule has 0 radical (unpaired) electrons. The topological polar surface area (TPSA) is 66.9 Å². The molecule has 1 aromatic rings. The average molecular weight is 268 g/mol. The van der Waals surface area contributed by atoms with Gasteiger partial charge in [-0.2, -0.15) is 11.3 Å². The highest BCUT2D eigenvalue weighted by Gasteiger charge is 2.44. The molecule has 0 aliphatic carbocycles. The quantitative estimate of drug-likeness (QED) is 0.609. The van der Waals surface area contributed by atoms with E-state index in [1.807, 2.05) is 0 Å². The van der Waals surface area contributed by atoms with E-state index in [4.69, 9.17) is 4.74 Å². The lowest BCUT2D eigenvalue weighted by atomic mass is 10.2. The minimum absolute atomic E-state index is 0.105. The maximum Gasteiger partial charge on any atom is 0.304 e. The molecular weight excluding hydrogens is 256 g/mol. The van der Waals surface area contributed by atoms with Gasteiger partial charge >= 0.3 is 5.97 Å². The molecular formula is C11H12N2O4S. The zero-order chi connectivity index (χ0) is 13.3. The van der Waals surface area contributed by atoms with Crippen LogP contribution in [0.5, 0.6) is 0 Å². The molecule has 0 unspecified atom stereocenters. The predicted molar refractivity (Wildman–Crippen MR) is 64.5 cm³/mol. The molecule has 0 aromatic carbocycles. The molecule has 0 bridgehead atoms. The summed E-state index contributed by atoms with van der Waals surface area (Å²) in [4.78, 5) is 34.2. The number of ether oxygens (including phenoxy) is 1. The van der Waals surface area contributed by atoms with Crippen molar-refractivity contribution in [3.8, 4) is 0 Å². The highest BCUT2D eigenvalue weighted by Crippen LogP contribution is 2.29. The number of rotatable bonds is 3. The molecule has 0 N–H and O–H groups in total. The molecule has 2 heterocycles. The van der Waals surface area contributed by atoms with Crippen LogP contribution >= 0.6 is 11.3 Å². The number of hydrazine groups is 1. The molecule has 1 saturated heterocycles. The van der Waals surface area contributed by atoms with Crippen LogP contribution in [-0.2, 0) is 19.1 Å². The number of carbonyl (C=O) groups is 3. The number of anilines is 1. The van der Waals surface area contributed by atoms with Gasteiger partial charge in [0.15, 0.2) is 0 Å². The Kier molecular flexibility index (Phi) is 3.33. The Morgan fingerprint density at radius 1 is 1.50 bits per heavy atom. The van der Waals surface area contributed by atoms with Gasteiger partial charge in [-0.25, -0.2) is 10.0 Å². The lowest BCUT2D eigenvalue weighted by Crippen LogP contribution is -2.63. The maximum absolute atomic E-state index is 11.6. The Hall–Kier alpha value is -1.89. The van der Waals surface area contributed by atoms with E-state index in [2.05, 4.69) is 0 Å². The SMILES string of the molecule is CC(=O)O[C@@H]1CC(=O)N1N(C(C)=O)c1ccsc1. The van der Waals surface area contributed by atoms with Gasteiger partial charge in [0, 0.05) is 19.2 Å². The number of carbonyl (C=O) groups excluding carboxylic acids is 3. The van der Waals surface area contributed by atoms with Crippen molar-refractivity contribution in [2.45, 2.75) is 26.5 Å². The van der Waals surface area contributed by atoms with Crippen LogP contribution in [-0.4, -0.2) is 29.0 Å². The predicted octanol–water partition coefficient (Wildman–Crippen LogP) is 1.14. The van der Waals surface area contributed by atoms with Crippen LogP contribution in [0.4, 0.5) is 5.69 Å². The summed E-state index contributed by atoms with van der Waals surface area (Å²) in [6, 6.07) is 1.72. The third-order valence-corrected chi connectivity index (χ3v) is 3.11. The molecule has 6 nitrogen and oxygen atoms in total. The Morgan fingerprint density at radius 2 is 2.22 bits per heavy atom. The fourth-order valence-electron chi connectivity index (χ4n) is 1.74. The summed E-state index contributed by atoms with van der Waals surface area (Å²) in [5.41, 5.74) is 0.595. The minimum atomic E-state index is -0.696. The van der Waals surface area contributed by atoms with E-state index in [9.17, 15) is 14.4 Å². The molecule has 0 saturated carbocycles. The van der Waals surface area contributed by atoms with Crippen molar-refractivity contribution in [2.24, 2.45) is 0 Å². The largest absolute Gasteiger partial charge is 0.439 e. The van der Waals surface area contributed by atoms with Gasteiger partial charge in [0.1, 0.15) is 0 Å². The average Bonchev–Trinajstić information content (AvgIpc) is 2.77. The van der Waals surface area contributed by atoms with Crippen LogP contribution < -0.4 is 5.01 Å². The molecule has 1 aliphatic rings. The first-order valence-electron chi connectivity index (χ1n) is 5.33. The van der Waals surface area contributed by atoms with Crippen LogP contribution in [0, 0.1) is 0 Å². The molecule has 2 amide bonds. The van der Waals surface area contributed by atoms with Gasteiger partial charge in [0.2, 0.25) is 12.1 Å². The van der Waals surface area contributed by atoms with E-state index in [1.54, 1.807) is 16.8 Å². The van der Waals surface area contributed by atoms with Gasteiger partial charge in [0.25, 0.3) is 5.91 Å². The summed E-state index contributed by atoms with van der Waals surface area (Å²) < 4.78 is 4.97.